The number of benzene rings is 1. The van der Waals surface area contributed by atoms with Gasteiger partial charge in [0.25, 0.3) is 0 Å². The molecule has 4 atom stereocenters. The van der Waals surface area contributed by atoms with Gasteiger partial charge in [0, 0.05) is 57.2 Å². The third kappa shape index (κ3) is 4.85. The molecule has 1 unspecified atom stereocenters. The smallest absolute Gasteiger partial charge is 0.219 e. The molecule has 5 rings (SSSR count). The Morgan fingerprint density at radius 2 is 1.91 bits per heavy atom. The molecule has 1 N–H and O–H groups in total. The molecule has 2 amide bonds. The zero-order chi connectivity index (χ0) is 24.7. The molecule has 0 saturated carbocycles. The number of piperidine rings is 1. The van der Waals surface area contributed by atoms with E-state index in [2.05, 4.69) is 21.7 Å². The van der Waals surface area contributed by atoms with Crippen LogP contribution in [0, 0.1) is 12.7 Å². The number of rotatable bonds is 6. The third-order valence-electron chi connectivity index (χ3n) is 8.20. The monoisotopic (exact) mass is 481 g/mol. The number of aromatic nitrogens is 2. The summed E-state index contributed by atoms with van der Waals surface area (Å²) in [4.78, 5) is 33.1. The highest BCUT2D eigenvalue weighted by molar-refractivity contribution is 5.73. The summed E-state index contributed by atoms with van der Waals surface area (Å²) in [6.07, 6.45) is 6.22. The van der Waals surface area contributed by atoms with Gasteiger partial charge in [-0.1, -0.05) is 12.1 Å². The first-order valence-corrected chi connectivity index (χ1v) is 12.9. The largest absolute Gasteiger partial charge is 0.349 e. The first kappa shape index (κ1) is 24.0. The van der Waals surface area contributed by atoms with Crippen molar-refractivity contribution in [2.45, 2.75) is 90.0 Å². The summed E-state index contributed by atoms with van der Waals surface area (Å²) in [6, 6.07) is 7.85. The Labute approximate surface area is 206 Å². The first-order valence-electron chi connectivity index (χ1n) is 12.9. The molecule has 8 heteroatoms. The molecule has 3 aliphatic rings. The maximum atomic E-state index is 13.8. The molecule has 2 aromatic rings. The van der Waals surface area contributed by atoms with Crippen molar-refractivity contribution in [2.75, 3.05) is 13.1 Å². The van der Waals surface area contributed by atoms with E-state index in [-0.39, 0.29) is 23.7 Å². The van der Waals surface area contributed by atoms with Crippen LogP contribution in [-0.2, 0) is 22.6 Å². The van der Waals surface area contributed by atoms with E-state index in [0.29, 0.717) is 24.7 Å². The van der Waals surface area contributed by atoms with Gasteiger partial charge < -0.3 is 14.8 Å². The number of hydrogen-bond acceptors (Lipinski definition) is 4. The molecule has 0 radical (unpaired) electrons. The number of aryl methyl sites for hydroxylation is 1. The summed E-state index contributed by atoms with van der Waals surface area (Å²) >= 11 is 0. The molecule has 0 spiro atoms. The highest BCUT2D eigenvalue weighted by atomic mass is 19.1. The quantitative estimate of drug-likeness (QED) is 0.684. The number of fused-ring (bicyclic) bond motifs is 3. The predicted octanol–water partition coefficient (Wildman–Crippen LogP) is 3.67. The Morgan fingerprint density at radius 3 is 2.57 bits per heavy atom. The van der Waals surface area contributed by atoms with Gasteiger partial charge in [-0.2, -0.15) is 0 Å². The van der Waals surface area contributed by atoms with E-state index in [1.54, 1.807) is 13.0 Å². The van der Waals surface area contributed by atoms with Crippen LogP contribution < -0.4 is 5.32 Å². The SMILES string of the molecule is CC(=O)N[C@@H](CCN1[C@@H]2CC[C@H]1CC(n1c(C)nc3c1CCN(C(C)=O)C3)C2)c1cccc(F)c1. The Bertz CT molecular complexity index is 1100. The van der Waals surface area contributed by atoms with Crippen LogP contribution in [0.25, 0.3) is 0 Å². The second-order valence-electron chi connectivity index (χ2n) is 10.5. The molecule has 2 fully saturated rings. The van der Waals surface area contributed by atoms with Crippen molar-refractivity contribution in [1.29, 1.82) is 0 Å². The number of amides is 2. The van der Waals surface area contributed by atoms with Crippen LogP contribution in [0.5, 0.6) is 0 Å². The number of halogens is 1. The lowest BCUT2D eigenvalue weighted by Gasteiger charge is -2.41. The Kier molecular flexibility index (Phi) is 6.66. The summed E-state index contributed by atoms with van der Waals surface area (Å²) < 4.78 is 16.3. The number of nitrogens with zero attached hydrogens (tertiary/aromatic N) is 4. The fraction of sp³-hybridized carbons (Fsp3) is 0.593. The Morgan fingerprint density at radius 1 is 1.17 bits per heavy atom. The van der Waals surface area contributed by atoms with Gasteiger partial charge in [-0.05, 0) is 56.7 Å². The van der Waals surface area contributed by atoms with Crippen molar-refractivity contribution in [1.82, 2.24) is 24.7 Å². The summed E-state index contributed by atoms with van der Waals surface area (Å²) in [7, 11) is 0. The molecule has 1 aromatic heterocycles. The molecule has 3 aliphatic heterocycles. The van der Waals surface area contributed by atoms with Crippen molar-refractivity contribution in [3.63, 3.8) is 0 Å². The Balaban J connectivity index is 1.27. The van der Waals surface area contributed by atoms with Crippen molar-refractivity contribution >= 4 is 11.8 Å². The standard InChI is InChI=1S/C27H36FN5O2/c1-17-29-26-16-31(19(3)35)11-10-27(26)33(17)24-14-22-7-8-23(15-24)32(22)12-9-25(30-18(2)34)20-5-4-6-21(28)13-20/h4-6,13,22-25H,7-12,14-16H2,1-3H3,(H,30,34)/t22-,23+,24?,25-/m0/s1. The van der Waals surface area contributed by atoms with E-state index < -0.39 is 0 Å². The van der Waals surface area contributed by atoms with E-state index in [9.17, 15) is 14.0 Å². The third-order valence-corrected chi connectivity index (χ3v) is 8.20. The summed E-state index contributed by atoms with van der Waals surface area (Å²) in [5, 5.41) is 3.02. The van der Waals surface area contributed by atoms with Crippen molar-refractivity contribution in [2.24, 2.45) is 0 Å². The van der Waals surface area contributed by atoms with Crippen LogP contribution >= 0.6 is 0 Å². The predicted molar refractivity (Wildman–Crippen MR) is 131 cm³/mol. The van der Waals surface area contributed by atoms with Crippen molar-refractivity contribution in [3.8, 4) is 0 Å². The zero-order valence-electron chi connectivity index (χ0n) is 21.0. The molecule has 2 saturated heterocycles. The fourth-order valence-corrected chi connectivity index (χ4v) is 6.68. The van der Waals surface area contributed by atoms with Gasteiger partial charge in [0.05, 0.1) is 18.3 Å². The molecular formula is C27H36FN5O2. The molecule has 7 nitrogen and oxygen atoms in total. The molecule has 1 aromatic carbocycles. The van der Waals surface area contributed by atoms with Crippen LogP contribution in [0.1, 0.15) is 80.8 Å². The fourth-order valence-electron chi connectivity index (χ4n) is 6.68. The van der Waals surface area contributed by atoms with Crippen LogP contribution in [0.15, 0.2) is 24.3 Å². The molecule has 188 valence electrons. The normalized spacial score (nSPS) is 24.8. The van der Waals surface area contributed by atoms with E-state index >= 15 is 0 Å². The van der Waals surface area contributed by atoms with Crippen LogP contribution in [-0.4, -0.2) is 56.3 Å². The highest BCUT2D eigenvalue weighted by Gasteiger charge is 2.42. The maximum absolute atomic E-state index is 13.8. The average Bonchev–Trinajstić information content (AvgIpc) is 3.26. The Hall–Kier alpha value is -2.74. The minimum atomic E-state index is -0.274. The van der Waals surface area contributed by atoms with Crippen LogP contribution in [0.2, 0.25) is 0 Å². The molecular weight excluding hydrogens is 445 g/mol. The van der Waals surface area contributed by atoms with Gasteiger partial charge in [-0.25, -0.2) is 9.37 Å². The maximum Gasteiger partial charge on any atom is 0.219 e. The number of carbonyl (C=O) groups is 2. The lowest BCUT2D eigenvalue weighted by molar-refractivity contribution is -0.129. The molecule has 35 heavy (non-hydrogen) atoms. The minimum Gasteiger partial charge on any atom is -0.349 e. The van der Waals surface area contributed by atoms with E-state index in [1.807, 2.05) is 11.0 Å². The van der Waals surface area contributed by atoms with Gasteiger partial charge in [-0.3, -0.25) is 14.5 Å². The van der Waals surface area contributed by atoms with Gasteiger partial charge >= 0.3 is 0 Å². The van der Waals surface area contributed by atoms with Gasteiger partial charge in [-0.15, -0.1) is 0 Å². The van der Waals surface area contributed by atoms with Gasteiger partial charge in [0.1, 0.15) is 11.6 Å². The summed E-state index contributed by atoms with van der Waals surface area (Å²) in [5.74, 6) is 0.814. The topological polar surface area (TPSA) is 70.5 Å². The molecule has 4 heterocycles. The van der Waals surface area contributed by atoms with Crippen LogP contribution in [0.3, 0.4) is 0 Å². The number of imidazole rings is 1. The highest BCUT2D eigenvalue weighted by Crippen LogP contribution is 2.42. The van der Waals surface area contributed by atoms with Gasteiger partial charge in [0.2, 0.25) is 11.8 Å². The second kappa shape index (κ2) is 9.72. The number of hydrogen-bond donors (Lipinski definition) is 1. The lowest BCUT2D eigenvalue weighted by atomic mass is 9.94. The van der Waals surface area contributed by atoms with E-state index in [1.165, 1.54) is 37.6 Å². The van der Waals surface area contributed by atoms with E-state index in [0.717, 1.165) is 55.9 Å². The van der Waals surface area contributed by atoms with Crippen LogP contribution in [0.4, 0.5) is 4.39 Å². The summed E-state index contributed by atoms with van der Waals surface area (Å²) in [5.41, 5.74) is 3.20. The average molecular weight is 482 g/mol. The van der Waals surface area contributed by atoms with Crippen molar-refractivity contribution in [3.05, 3.63) is 52.9 Å². The van der Waals surface area contributed by atoms with Crippen molar-refractivity contribution < 1.29 is 14.0 Å². The first-order chi connectivity index (χ1) is 16.8. The molecule has 2 bridgehead atoms. The molecule has 0 aliphatic carbocycles. The second-order valence-corrected chi connectivity index (χ2v) is 10.5. The van der Waals surface area contributed by atoms with E-state index in [4.69, 9.17) is 4.98 Å². The minimum absolute atomic E-state index is 0.0929. The lowest BCUT2D eigenvalue weighted by Crippen LogP contribution is -2.45. The summed E-state index contributed by atoms with van der Waals surface area (Å²) in [6.45, 7) is 7.52. The number of carbonyl (C=O) groups excluding carboxylic acids is 2. The zero-order valence-corrected chi connectivity index (χ0v) is 21.0. The van der Waals surface area contributed by atoms with Gasteiger partial charge in [0.15, 0.2) is 0 Å². The number of nitrogens with one attached hydrogen (secondary N) is 1.